The highest BCUT2D eigenvalue weighted by molar-refractivity contribution is 5.93. The Labute approximate surface area is 171 Å². The van der Waals surface area contributed by atoms with Crippen LogP contribution >= 0.6 is 0 Å². The number of rotatable bonds is 7. The van der Waals surface area contributed by atoms with Crippen LogP contribution in [0.3, 0.4) is 0 Å². The summed E-state index contributed by atoms with van der Waals surface area (Å²) in [5.41, 5.74) is 0.856. The lowest BCUT2D eigenvalue weighted by atomic mass is 9.97. The van der Waals surface area contributed by atoms with Gasteiger partial charge in [-0.2, -0.15) is 0 Å². The maximum absolute atomic E-state index is 13.2. The van der Waals surface area contributed by atoms with Gasteiger partial charge in [-0.05, 0) is 19.4 Å². The standard InChI is InChI=1S/C22H30N2O5/c1-13(2)19(25)11-14(3)20(26)23-15(4)21(27)24-16(5)22(28)29-12-18(24)17-9-7-6-8-10-17/h6-10,13-16,18H,11-12H2,1-5H3,(H,23,26)/t14-,15+,16+,18+/m1/s1. The van der Waals surface area contributed by atoms with E-state index < -0.39 is 30.0 Å². The second-order valence-corrected chi connectivity index (χ2v) is 7.93. The fourth-order valence-corrected chi connectivity index (χ4v) is 3.29. The van der Waals surface area contributed by atoms with Gasteiger partial charge in [-0.3, -0.25) is 14.4 Å². The van der Waals surface area contributed by atoms with Gasteiger partial charge in [0.25, 0.3) is 0 Å². The molecule has 0 radical (unpaired) electrons. The summed E-state index contributed by atoms with van der Waals surface area (Å²) in [6.07, 6.45) is 0.128. The van der Waals surface area contributed by atoms with Gasteiger partial charge in [0, 0.05) is 18.3 Å². The van der Waals surface area contributed by atoms with Crippen LogP contribution in [-0.2, 0) is 23.9 Å². The van der Waals surface area contributed by atoms with Crippen molar-refractivity contribution < 1.29 is 23.9 Å². The first-order valence-corrected chi connectivity index (χ1v) is 10.00. The number of esters is 1. The van der Waals surface area contributed by atoms with Crippen molar-refractivity contribution >= 4 is 23.6 Å². The Morgan fingerprint density at radius 1 is 1.14 bits per heavy atom. The first-order valence-electron chi connectivity index (χ1n) is 10.00. The molecule has 29 heavy (non-hydrogen) atoms. The van der Waals surface area contributed by atoms with Crippen LogP contribution in [0.15, 0.2) is 30.3 Å². The van der Waals surface area contributed by atoms with E-state index in [1.54, 1.807) is 34.6 Å². The normalized spacial score (nSPS) is 21.3. The lowest BCUT2D eigenvalue weighted by molar-refractivity contribution is -0.169. The quantitative estimate of drug-likeness (QED) is 0.706. The molecular weight excluding hydrogens is 372 g/mol. The third kappa shape index (κ3) is 5.43. The average Bonchev–Trinajstić information content (AvgIpc) is 2.69. The maximum Gasteiger partial charge on any atom is 0.328 e. The zero-order valence-electron chi connectivity index (χ0n) is 17.7. The van der Waals surface area contributed by atoms with Gasteiger partial charge >= 0.3 is 5.97 Å². The monoisotopic (exact) mass is 402 g/mol. The Hall–Kier alpha value is -2.70. The third-order valence-electron chi connectivity index (χ3n) is 5.24. The van der Waals surface area contributed by atoms with Gasteiger partial charge in [0.1, 0.15) is 24.5 Å². The minimum absolute atomic E-state index is 0.00293. The molecule has 158 valence electrons. The first-order chi connectivity index (χ1) is 13.6. The number of carbonyl (C=O) groups excluding carboxylic acids is 4. The van der Waals surface area contributed by atoms with E-state index in [0.29, 0.717) is 0 Å². The minimum Gasteiger partial charge on any atom is -0.462 e. The molecule has 1 saturated heterocycles. The molecule has 0 aliphatic carbocycles. The second-order valence-electron chi connectivity index (χ2n) is 7.93. The van der Waals surface area contributed by atoms with Crippen LogP contribution < -0.4 is 5.32 Å². The number of nitrogens with one attached hydrogen (secondary N) is 1. The Bertz CT molecular complexity index is 762. The van der Waals surface area contributed by atoms with Gasteiger partial charge < -0.3 is 15.0 Å². The predicted molar refractivity (Wildman–Crippen MR) is 108 cm³/mol. The van der Waals surface area contributed by atoms with E-state index in [9.17, 15) is 19.2 Å². The van der Waals surface area contributed by atoms with Crippen molar-refractivity contribution in [1.29, 1.82) is 0 Å². The molecule has 1 heterocycles. The van der Waals surface area contributed by atoms with Crippen molar-refractivity contribution in [2.24, 2.45) is 11.8 Å². The smallest absolute Gasteiger partial charge is 0.328 e. The van der Waals surface area contributed by atoms with Gasteiger partial charge in [0.2, 0.25) is 11.8 Å². The molecule has 1 aliphatic heterocycles. The number of cyclic esters (lactones) is 1. The molecule has 7 heteroatoms. The summed E-state index contributed by atoms with van der Waals surface area (Å²) in [6.45, 7) is 8.53. The largest absolute Gasteiger partial charge is 0.462 e. The number of ether oxygens (including phenoxy) is 1. The van der Waals surface area contributed by atoms with E-state index in [-0.39, 0.29) is 36.5 Å². The fourth-order valence-electron chi connectivity index (χ4n) is 3.29. The lowest BCUT2D eigenvalue weighted by Gasteiger charge is -2.40. The molecule has 1 aliphatic rings. The molecule has 1 fully saturated rings. The highest BCUT2D eigenvalue weighted by Crippen LogP contribution is 2.28. The number of hydrogen-bond donors (Lipinski definition) is 1. The van der Waals surface area contributed by atoms with E-state index in [2.05, 4.69) is 5.32 Å². The molecular formula is C22H30N2O5. The molecule has 0 unspecified atom stereocenters. The average molecular weight is 402 g/mol. The van der Waals surface area contributed by atoms with Crippen molar-refractivity contribution in [2.45, 2.75) is 59.2 Å². The topological polar surface area (TPSA) is 92.8 Å². The molecule has 2 amide bonds. The Kier molecular flexibility index (Phi) is 7.53. The van der Waals surface area contributed by atoms with E-state index in [4.69, 9.17) is 4.74 Å². The van der Waals surface area contributed by atoms with Gasteiger partial charge in [0.05, 0.1) is 6.04 Å². The van der Waals surface area contributed by atoms with Crippen molar-refractivity contribution in [3.8, 4) is 0 Å². The summed E-state index contributed by atoms with van der Waals surface area (Å²) < 4.78 is 5.25. The SMILES string of the molecule is CC(C)C(=O)C[C@@H](C)C(=O)N[C@@H](C)C(=O)N1[C@@H](C)C(=O)OC[C@H]1c1ccccc1. The van der Waals surface area contributed by atoms with Crippen LogP contribution in [0.25, 0.3) is 0 Å². The summed E-state index contributed by atoms with van der Waals surface area (Å²) in [4.78, 5) is 51.1. The molecule has 1 aromatic carbocycles. The number of hydrogen-bond acceptors (Lipinski definition) is 5. The van der Waals surface area contributed by atoms with Gasteiger partial charge in [-0.25, -0.2) is 4.79 Å². The van der Waals surface area contributed by atoms with Crippen molar-refractivity contribution in [3.05, 3.63) is 35.9 Å². The molecule has 0 bridgehead atoms. The number of ketones is 1. The van der Waals surface area contributed by atoms with Crippen LogP contribution in [0.2, 0.25) is 0 Å². The van der Waals surface area contributed by atoms with E-state index in [0.717, 1.165) is 5.56 Å². The number of Topliss-reactive ketones (excluding diaryl/α,β-unsaturated/α-hetero) is 1. The fraction of sp³-hybridized carbons (Fsp3) is 0.545. The molecule has 4 atom stereocenters. The summed E-state index contributed by atoms with van der Waals surface area (Å²) in [7, 11) is 0. The summed E-state index contributed by atoms with van der Waals surface area (Å²) in [6, 6.07) is 7.32. The number of benzene rings is 1. The zero-order chi connectivity index (χ0) is 21.7. The molecule has 0 aromatic heterocycles. The van der Waals surface area contributed by atoms with E-state index >= 15 is 0 Å². The number of morpholine rings is 1. The maximum atomic E-state index is 13.2. The molecule has 1 aromatic rings. The highest BCUT2D eigenvalue weighted by Gasteiger charge is 2.40. The van der Waals surface area contributed by atoms with Crippen LogP contribution in [-0.4, -0.2) is 47.2 Å². The number of nitrogens with zero attached hydrogens (tertiary/aromatic N) is 1. The van der Waals surface area contributed by atoms with Crippen molar-refractivity contribution in [2.75, 3.05) is 6.61 Å². The van der Waals surface area contributed by atoms with E-state index in [1.165, 1.54) is 4.90 Å². The molecule has 2 rings (SSSR count). The summed E-state index contributed by atoms with van der Waals surface area (Å²) in [5.74, 6) is -1.87. The number of carbonyl (C=O) groups is 4. The zero-order valence-corrected chi connectivity index (χ0v) is 17.7. The van der Waals surface area contributed by atoms with Crippen LogP contribution in [0.1, 0.15) is 52.6 Å². The lowest BCUT2D eigenvalue weighted by Crippen LogP contribution is -2.57. The van der Waals surface area contributed by atoms with Crippen molar-refractivity contribution in [3.63, 3.8) is 0 Å². The minimum atomic E-state index is -0.835. The summed E-state index contributed by atoms with van der Waals surface area (Å²) in [5, 5.41) is 2.69. The van der Waals surface area contributed by atoms with Crippen LogP contribution in [0.5, 0.6) is 0 Å². The molecule has 0 saturated carbocycles. The molecule has 1 N–H and O–H groups in total. The van der Waals surface area contributed by atoms with Crippen molar-refractivity contribution in [1.82, 2.24) is 10.2 Å². The third-order valence-corrected chi connectivity index (χ3v) is 5.24. The Morgan fingerprint density at radius 2 is 1.76 bits per heavy atom. The van der Waals surface area contributed by atoms with Crippen LogP contribution in [0.4, 0.5) is 0 Å². The van der Waals surface area contributed by atoms with Gasteiger partial charge in [-0.15, -0.1) is 0 Å². The highest BCUT2D eigenvalue weighted by atomic mass is 16.5. The Balaban J connectivity index is 2.13. The van der Waals surface area contributed by atoms with Crippen LogP contribution in [0, 0.1) is 11.8 Å². The Morgan fingerprint density at radius 3 is 2.34 bits per heavy atom. The second kappa shape index (κ2) is 9.67. The van der Waals surface area contributed by atoms with Gasteiger partial charge in [-0.1, -0.05) is 51.1 Å². The number of amides is 2. The summed E-state index contributed by atoms with van der Waals surface area (Å²) >= 11 is 0. The molecule has 0 spiro atoms. The predicted octanol–water partition coefficient (Wildman–Crippen LogP) is 2.26. The van der Waals surface area contributed by atoms with Gasteiger partial charge in [0.15, 0.2) is 0 Å². The first kappa shape index (κ1) is 22.6. The molecule has 7 nitrogen and oxygen atoms in total. The van der Waals surface area contributed by atoms with E-state index in [1.807, 2.05) is 30.3 Å².